The maximum Gasteiger partial charge on any atom is 0.135 e. The van der Waals surface area contributed by atoms with Gasteiger partial charge in [0.25, 0.3) is 0 Å². The van der Waals surface area contributed by atoms with Gasteiger partial charge < -0.3 is 9.73 Å². The SMILES string of the molecule is C/C=C\C=NC.CCC/C=C\C=C(/NCc1ccc2c(c1)oc1ccccc12)c1ccccc1F. The summed E-state index contributed by atoms with van der Waals surface area (Å²) in [5, 5.41) is 5.63. The van der Waals surface area contributed by atoms with Gasteiger partial charge in [0.1, 0.15) is 17.0 Å². The maximum atomic E-state index is 14.3. The van der Waals surface area contributed by atoms with Crippen molar-refractivity contribution in [3.8, 4) is 0 Å². The third kappa shape index (κ3) is 7.28. The third-order valence-electron chi connectivity index (χ3n) is 5.37. The first kappa shape index (κ1) is 25.7. The van der Waals surface area contributed by atoms with Crippen molar-refractivity contribution in [2.75, 3.05) is 7.05 Å². The fraction of sp³-hybridized carbons (Fsp3) is 0.194. The number of aliphatic imine (C=N–C) groups is 1. The summed E-state index contributed by atoms with van der Waals surface area (Å²) in [4.78, 5) is 3.71. The van der Waals surface area contributed by atoms with Crippen molar-refractivity contribution in [3.63, 3.8) is 0 Å². The first-order valence-electron chi connectivity index (χ1n) is 12.0. The van der Waals surface area contributed by atoms with E-state index in [-0.39, 0.29) is 5.82 Å². The molecule has 0 radical (unpaired) electrons. The van der Waals surface area contributed by atoms with E-state index in [0.717, 1.165) is 46.0 Å². The van der Waals surface area contributed by atoms with E-state index in [0.29, 0.717) is 12.1 Å². The molecule has 3 aromatic carbocycles. The van der Waals surface area contributed by atoms with Crippen LogP contribution in [0.1, 0.15) is 37.8 Å². The number of allylic oxidation sites excluding steroid dienone is 5. The molecular weight excluding hydrogens is 435 g/mol. The largest absolute Gasteiger partial charge is 0.456 e. The van der Waals surface area contributed by atoms with Crippen molar-refractivity contribution in [2.24, 2.45) is 4.99 Å². The van der Waals surface area contributed by atoms with Crippen LogP contribution in [0.2, 0.25) is 0 Å². The summed E-state index contributed by atoms with van der Waals surface area (Å²) < 4.78 is 20.3. The molecule has 0 saturated heterocycles. The van der Waals surface area contributed by atoms with Crippen LogP contribution in [0.25, 0.3) is 27.6 Å². The number of para-hydroxylation sites is 1. The lowest BCUT2D eigenvalue weighted by molar-refractivity contribution is 0.621. The molecule has 4 aromatic rings. The molecule has 35 heavy (non-hydrogen) atoms. The van der Waals surface area contributed by atoms with Gasteiger partial charge in [-0.3, -0.25) is 4.99 Å². The standard InChI is InChI=1S/C26H24FNO.C5H9N/c1-2-3-4-5-13-24(22-11-6-8-12-23(22)27)28-18-19-15-16-21-20-10-7-9-14-25(20)29-26(21)17-19;1-3-4-5-6-2/h4-17,28H,2-3,18H2,1H3;3-5H,1-2H3/b5-4-,24-13-;4-3-,6-5?. The highest BCUT2D eigenvalue weighted by Crippen LogP contribution is 2.29. The van der Waals surface area contributed by atoms with Gasteiger partial charge in [0.15, 0.2) is 0 Å². The minimum Gasteiger partial charge on any atom is -0.456 e. The Hall–Kier alpha value is -3.92. The van der Waals surface area contributed by atoms with Crippen LogP contribution < -0.4 is 5.32 Å². The van der Waals surface area contributed by atoms with Crippen molar-refractivity contribution in [2.45, 2.75) is 33.2 Å². The molecule has 0 aliphatic carbocycles. The quantitative estimate of drug-likeness (QED) is 0.208. The summed E-state index contributed by atoms with van der Waals surface area (Å²) in [6.07, 6.45) is 13.7. The second-order valence-electron chi connectivity index (χ2n) is 7.99. The normalized spacial score (nSPS) is 12.2. The maximum absolute atomic E-state index is 14.3. The average Bonchev–Trinajstić information content (AvgIpc) is 3.26. The lowest BCUT2D eigenvalue weighted by atomic mass is 10.1. The summed E-state index contributed by atoms with van der Waals surface area (Å²) in [6, 6.07) is 21.1. The van der Waals surface area contributed by atoms with Crippen LogP contribution >= 0.6 is 0 Å². The molecule has 1 aromatic heterocycles. The van der Waals surface area contributed by atoms with Crippen molar-refractivity contribution in [3.05, 3.63) is 114 Å². The Morgan fingerprint density at radius 3 is 2.49 bits per heavy atom. The Morgan fingerprint density at radius 2 is 1.74 bits per heavy atom. The summed E-state index contributed by atoms with van der Waals surface area (Å²) in [5.74, 6) is -0.233. The van der Waals surface area contributed by atoms with Crippen molar-refractivity contribution < 1.29 is 8.81 Å². The number of furan rings is 1. The van der Waals surface area contributed by atoms with Crippen LogP contribution in [0, 0.1) is 5.82 Å². The third-order valence-corrected chi connectivity index (χ3v) is 5.37. The summed E-state index contributed by atoms with van der Waals surface area (Å²) >= 11 is 0. The Morgan fingerprint density at radius 1 is 0.971 bits per heavy atom. The van der Waals surface area contributed by atoms with E-state index in [1.165, 1.54) is 6.07 Å². The lowest BCUT2D eigenvalue weighted by Gasteiger charge is -2.12. The van der Waals surface area contributed by atoms with Gasteiger partial charge in [-0.2, -0.15) is 0 Å². The zero-order valence-electron chi connectivity index (χ0n) is 20.7. The Bertz CT molecular complexity index is 1330. The zero-order chi connectivity index (χ0) is 24.9. The number of rotatable bonds is 8. The molecule has 0 amide bonds. The first-order valence-corrected chi connectivity index (χ1v) is 12.0. The van der Waals surface area contributed by atoms with Gasteiger partial charge in [-0.25, -0.2) is 4.39 Å². The van der Waals surface area contributed by atoms with Gasteiger partial charge in [0.2, 0.25) is 0 Å². The molecule has 0 saturated carbocycles. The van der Waals surface area contributed by atoms with E-state index in [2.05, 4.69) is 41.5 Å². The van der Waals surface area contributed by atoms with E-state index in [1.54, 1.807) is 25.4 Å². The van der Waals surface area contributed by atoms with E-state index in [1.807, 2.05) is 61.6 Å². The lowest BCUT2D eigenvalue weighted by Crippen LogP contribution is -2.12. The van der Waals surface area contributed by atoms with Crippen LogP contribution in [0.4, 0.5) is 4.39 Å². The average molecular weight is 469 g/mol. The second-order valence-corrected chi connectivity index (χ2v) is 7.99. The number of hydrogen-bond acceptors (Lipinski definition) is 3. The van der Waals surface area contributed by atoms with E-state index >= 15 is 0 Å². The van der Waals surface area contributed by atoms with Gasteiger partial charge in [0.05, 0.1) is 0 Å². The van der Waals surface area contributed by atoms with Gasteiger partial charge in [-0.1, -0.05) is 74.0 Å². The van der Waals surface area contributed by atoms with E-state index in [9.17, 15) is 4.39 Å². The monoisotopic (exact) mass is 468 g/mol. The molecule has 0 aliphatic rings. The number of halogens is 1. The molecule has 0 atom stereocenters. The van der Waals surface area contributed by atoms with E-state index < -0.39 is 0 Å². The predicted octanol–water partition coefficient (Wildman–Crippen LogP) is 8.48. The molecule has 0 aliphatic heterocycles. The summed E-state index contributed by atoms with van der Waals surface area (Å²) in [5.41, 5.74) is 4.17. The Kier molecular flexibility index (Phi) is 10.1. The fourth-order valence-electron chi connectivity index (χ4n) is 3.60. The van der Waals surface area contributed by atoms with Gasteiger partial charge in [-0.05, 0) is 55.3 Å². The van der Waals surface area contributed by atoms with Crippen LogP contribution in [0.5, 0.6) is 0 Å². The molecule has 4 heteroatoms. The minimum absolute atomic E-state index is 0.233. The van der Waals surface area contributed by atoms with Crippen LogP contribution in [0.3, 0.4) is 0 Å². The number of unbranched alkanes of at least 4 members (excludes halogenated alkanes) is 1. The van der Waals surface area contributed by atoms with Crippen LogP contribution in [-0.4, -0.2) is 13.3 Å². The highest BCUT2D eigenvalue weighted by Gasteiger charge is 2.09. The fourth-order valence-corrected chi connectivity index (χ4v) is 3.60. The molecule has 0 bridgehead atoms. The number of benzene rings is 3. The summed E-state index contributed by atoms with van der Waals surface area (Å²) in [6.45, 7) is 4.68. The Balaban J connectivity index is 0.000000509. The summed E-state index contributed by atoms with van der Waals surface area (Å²) in [7, 11) is 1.75. The zero-order valence-corrected chi connectivity index (χ0v) is 20.7. The number of hydrogen-bond donors (Lipinski definition) is 1. The molecule has 0 spiro atoms. The van der Waals surface area contributed by atoms with Crippen molar-refractivity contribution in [1.82, 2.24) is 5.32 Å². The second kappa shape index (κ2) is 13.7. The van der Waals surface area contributed by atoms with Gasteiger partial charge in [0, 0.05) is 41.8 Å². The molecule has 0 fully saturated rings. The molecule has 0 unspecified atom stereocenters. The molecular formula is C31H33FN2O. The highest BCUT2D eigenvalue weighted by atomic mass is 19.1. The van der Waals surface area contributed by atoms with Gasteiger partial charge >= 0.3 is 0 Å². The van der Waals surface area contributed by atoms with Gasteiger partial charge in [-0.15, -0.1) is 0 Å². The molecule has 1 heterocycles. The Labute approximate surface area is 207 Å². The predicted molar refractivity (Wildman–Crippen MR) is 148 cm³/mol. The van der Waals surface area contributed by atoms with Crippen LogP contribution in [0.15, 0.2) is 107 Å². The number of nitrogens with zero attached hydrogens (tertiary/aromatic N) is 1. The smallest absolute Gasteiger partial charge is 0.135 e. The van der Waals surface area contributed by atoms with E-state index in [4.69, 9.17) is 4.42 Å². The van der Waals surface area contributed by atoms with Crippen molar-refractivity contribution in [1.29, 1.82) is 0 Å². The van der Waals surface area contributed by atoms with Crippen LogP contribution in [-0.2, 0) is 6.54 Å². The number of nitrogens with one attached hydrogen (secondary N) is 1. The highest BCUT2D eigenvalue weighted by molar-refractivity contribution is 6.04. The minimum atomic E-state index is -0.233. The number of fused-ring (bicyclic) bond motifs is 3. The molecule has 180 valence electrons. The molecule has 4 rings (SSSR count). The van der Waals surface area contributed by atoms with Crippen molar-refractivity contribution >= 4 is 33.9 Å². The first-order chi connectivity index (χ1) is 17.2. The topological polar surface area (TPSA) is 37.5 Å². The molecule has 3 nitrogen and oxygen atoms in total. The molecule has 1 N–H and O–H groups in total.